The van der Waals surface area contributed by atoms with Crippen molar-refractivity contribution in [1.29, 1.82) is 0 Å². The quantitative estimate of drug-likeness (QED) is 0.616. The van der Waals surface area contributed by atoms with Crippen LogP contribution >= 0.6 is 0 Å². The van der Waals surface area contributed by atoms with Gasteiger partial charge in [0.05, 0.1) is 23.1 Å². The van der Waals surface area contributed by atoms with Crippen molar-refractivity contribution >= 4 is 0 Å². The Morgan fingerprint density at radius 2 is 2.15 bits per heavy atom. The number of aromatic nitrogens is 4. The van der Waals surface area contributed by atoms with Crippen molar-refractivity contribution in [3.05, 3.63) is 41.0 Å². The molecule has 0 amide bonds. The fourth-order valence-electron chi connectivity index (χ4n) is 2.38. The standard InChI is InChI=1S/C14H22N6/c1-4-8-20-13(6-7-16-20)14(17-15)11-9-10(3)18-19-12(11)5-2/h6-7,9,14,17H,4-5,8,15H2,1-3H3. The van der Waals surface area contributed by atoms with Gasteiger partial charge >= 0.3 is 0 Å². The molecule has 2 aromatic heterocycles. The normalized spacial score (nSPS) is 12.6. The van der Waals surface area contributed by atoms with Gasteiger partial charge in [-0.25, -0.2) is 5.43 Å². The third-order valence-electron chi connectivity index (χ3n) is 3.32. The van der Waals surface area contributed by atoms with Crippen LogP contribution in [0.4, 0.5) is 0 Å². The van der Waals surface area contributed by atoms with E-state index in [2.05, 4.69) is 34.6 Å². The number of nitrogens with zero attached hydrogens (tertiary/aromatic N) is 4. The van der Waals surface area contributed by atoms with E-state index in [1.807, 2.05) is 29.9 Å². The van der Waals surface area contributed by atoms with Gasteiger partial charge in [0.25, 0.3) is 0 Å². The van der Waals surface area contributed by atoms with E-state index in [1.54, 1.807) is 0 Å². The minimum atomic E-state index is -0.117. The molecule has 6 heteroatoms. The molecule has 0 aliphatic rings. The molecule has 0 aromatic carbocycles. The molecule has 6 nitrogen and oxygen atoms in total. The van der Waals surface area contributed by atoms with Crippen LogP contribution in [0.15, 0.2) is 18.3 Å². The second-order valence-electron chi connectivity index (χ2n) is 4.82. The Hall–Kier alpha value is -1.79. The molecule has 0 aliphatic heterocycles. The lowest BCUT2D eigenvalue weighted by molar-refractivity contribution is 0.517. The number of nitrogens with one attached hydrogen (secondary N) is 1. The average Bonchev–Trinajstić information content (AvgIpc) is 2.89. The Balaban J connectivity index is 2.46. The van der Waals surface area contributed by atoms with Gasteiger partial charge in [-0.1, -0.05) is 13.8 Å². The number of rotatable bonds is 6. The molecule has 0 radical (unpaired) electrons. The van der Waals surface area contributed by atoms with Gasteiger partial charge in [-0.3, -0.25) is 10.5 Å². The lowest BCUT2D eigenvalue weighted by Crippen LogP contribution is -2.32. The fourth-order valence-corrected chi connectivity index (χ4v) is 2.38. The number of nitrogens with two attached hydrogens (primary N) is 1. The SMILES string of the molecule is CCCn1nccc1C(NN)c1cc(C)nnc1CC. The fraction of sp³-hybridized carbons (Fsp3) is 0.500. The third-order valence-corrected chi connectivity index (χ3v) is 3.32. The largest absolute Gasteiger partial charge is 0.271 e. The highest BCUT2D eigenvalue weighted by Gasteiger charge is 2.20. The van der Waals surface area contributed by atoms with Crippen LogP contribution in [0, 0.1) is 6.92 Å². The molecular weight excluding hydrogens is 252 g/mol. The zero-order valence-electron chi connectivity index (χ0n) is 12.3. The topological polar surface area (TPSA) is 81.7 Å². The zero-order valence-corrected chi connectivity index (χ0v) is 12.3. The molecule has 0 saturated carbocycles. The van der Waals surface area contributed by atoms with Gasteiger partial charge in [-0.2, -0.15) is 15.3 Å². The van der Waals surface area contributed by atoms with Gasteiger partial charge in [0, 0.05) is 18.3 Å². The Morgan fingerprint density at radius 3 is 2.80 bits per heavy atom. The molecular formula is C14H22N6. The van der Waals surface area contributed by atoms with Gasteiger partial charge in [0.15, 0.2) is 0 Å². The van der Waals surface area contributed by atoms with Gasteiger partial charge < -0.3 is 0 Å². The van der Waals surface area contributed by atoms with Gasteiger partial charge in [0.1, 0.15) is 0 Å². The Labute approximate surface area is 119 Å². The van der Waals surface area contributed by atoms with Crippen LogP contribution in [0.3, 0.4) is 0 Å². The molecule has 0 fully saturated rings. The minimum absolute atomic E-state index is 0.117. The van der Waals surface area contributed by atoms with E-state index in [-0.39, 0.29) is 6.04 Å². The Bertz CT molecular complexity index is 563. The van der Waals surface area contributed by atoms with Crippen molar-refractivity contribution in [3.63, 3.8) is 0 Å². The van der Waals surface area contributed by atoms with Gasteiger partial charge in [0.2, 0.25) is 0 Å². The van der Waals surface area contributed by atoms with E-state index < -0.39 is 0 Å². The van der Waals surface area contributed by atoms with Crippen molar-refractivity contribution < 1.29 is 0 Å². The molecule has 20 heavy (non-hydrogen) atoms. The van der Waals surface area contributed by atoms with Crippen molar-refractivity contribution in [2.45, 2.75) is 46.2 Å². The summed E-state index contributed by atoms with van der Waals surface area (Å²) in [5.74, 6) is 5.80. The van der Waals surface area contributed by atoms with E-state index >= 15 is 0 Å². The highest BCUT2D eigenvalue weighted by molar-refractivity contribution is 5.31. The first-order valence-electron chi connectivity index (χ1n) is 7.02. The lowest BCUT2D eigenvalue weighted by atomic mass is 10.0. The van der Waals surface area contributed by atoms with Crippen molar-refractivity contribution in [2.75, 3.05) is 0 Å². The van der Waals surface area contributed by atoms with Crippen molar-refractivity contribution in [2.24, 2.45) is 5.84 Å². The van der Waals surface area contributed by atoms with Crippen LogP contribution in [0.1, 0.15) is 49.0 Å². The zero-order chi connectivity index (χ0) is 14.5. The van der Waals surface area contributed by atoms with E-state index in [1.165, 1.54) is 0 Å². The van der Waals surface area contributed by atoms with E-state index in [9.17, 15) is 0 Å². The van der Waals surface area contributed by atoms with E-state index in [0.717, 1.165) is 42.0 Å². The summed E-state index contributed by atoms with van der Waals surface area (Å²) in [5, 5.41) is 12.8. The summed E-state index contributed by atoms with van der Waals surface area (Å²) in [5.41, 5.74) is 6.86. The molecule has 0 spiro atoms. The molecule has 2 aromatic rings. The van der Waals surface area contributed by atoms with Gasteiger partial charge in [-0.15, -0.1) is 0 Å². The van der Waals surface area contributed by atoms with Crippen LogP contribution in [0.5, 0.6) is 0 Å². The predicted molar refractivity (Wildman–Crippen MR) is 77.8 cm³/mol. The maximum Gasteiger partial charge on any atom is 0.0897 e. The predicted octanol–water partition coefficient (Wildman–Crippen LogP) is 1.51. The molecule has 1 atom stereocenters. The van der Waals surface area contributed by atoms with Crippen molar-refractivity contribution in [1.82, 2.24) is 25.4 Å². The first-order chi connectivity index (χ1) is 9.71. The summed E-state index contributed by atoms with van der Waals surface area (Å²) in [6.07, 6.45) is 3.66. The summed E-state index contributed by atoms with van der Waals surface area (Å²) >= 11 is 0. The molecule has 3 N–H and O–H groups in total. The van der Waals surface area contributed by atoms with E-state index in [0.29, 0.717) is 0 Å². The number of hydrogen-bond acceptors (Lipinski definition) is 5. The molecule has 0 saturated heterocycles. The van der Waals surface area contributed by atoms with E-state index in [4.69, 9.17) is 5.84 Å². The highest BCUT2D eigenvalue weighted by Crippen LogP contribution is 2.24. The second kappa shape index (κ2) is 6.58. The van der Waals surface area contributed by atoms with Crippen molar-refractivity contribution in [3.8, 4) is 0 Å². The smallest absolute Gasteiger partial charge is 0.0897 e. The van der Waals surface area contributed by atoms with Crippen LogP contribution < -0.4 is 11.3 Å². The summed E-state index contributed by atoms with van der Waals surface area (Å²) in [7, 11) is 0. The maximum absolute atomic E-state index is 5.80. The van der Waals surface area contributed by atoms with Crippen LogP contribution in [-0.2, 0) is 13.0 Å². The highest BCUT2D eigenvalue weighted by atomic mass is 15.3. The third kappa shape index (κ3) is 2.86. The Morgan fingerprint density at radius 1 is 1.35 bits per heavy atom. The monoisotopic (exact) mass is 274 g/mol. The first kappa shape index (κ1) is 14.6. The number of hydrogen-bond donors (Lipinski definition) is 2. The summed E-state index contributed by atoms with van der Waals surface area (Å²) in [4.78, 5) is 0. The average molecular weight is 274 g/mol. The summed E-state index contributed by atoms with van der Waals surface area (Å²) < 4.78 is 1.99. The molecule has 0 bridgehead atoms. The lowest BCUT2D eigenvalue weighted by Gasteiger charge is -2.20. The second-order valence-corrected chi connectivity index (χ2v) is 4.82. The number of aryl methyl sites for hydroxylation is 3. The molecule has 2 heterocycles. The van der Waals surface area contributed by atoms with Crippen LogP contribution in [0.25, 0.3) is 0 Å². The van der Waals surface area contributed by atoms with Gasteiger partial charge in [-0.05, 0) is 31.9 Å². The summed E-state index contributed by atoms with van der Waals surface area (Å²) in [6.45, 7) is 7.01. The first-order valence-corrected chi connectivity index (χ1v) is 7.02. The molecule has 2 rings (SSSR count). The maximum atomic E-state index is 5.80. The number of hydrazine groups is 1. The molecule has 0 aliphatic carbocycles. The van der Waals surface area contributed by atoms with Crippen LogP contribution in [-0.4, -0.2) is 20.0 Å². The Kier molecular flexibility index (Phi) is 4.81. The van der Waals surface area contributed by atoms with Crippen LogP contribution in [0.2, 0.25) is 0 Å². The molecule has 1 unspecified atom stereocenters. The molecule has 108 valence electrons. The summed E-state index contributed by atoms with van der Waals surface area (Å²) in [6, 6.07) is 3.92. The minimum Gasteiger partial charge on any atom is -0.271 e.